The van der Waals surface area contributed by atoms with Crippen molar-refractivity contribution in [1.82, 2.24) is 4.90 Å². The molecule has 0 aromatic heterocycles. The highest BCUT2D eigenvalue weighted by atomic mass is 16.6. The maximum absolute atomic E-state index is 12.3. The topological polar surface area (TPSA) is 117 Å². The molecule has 0 spiro atoms. The first-order chi connectivity index (χ1) is 19.3. The Balaban J connectivity index is 1.26. The summed E-state index contributed by atoms with van der Waals surface area (Å²) in [5.41, 5.74) is 0.661. The summed E-state index contributed by atoms with van der Waals surface area (Å²) >= 11 is 0. The van der Waals surface area contributed by atoms with E-state index in [1.165, 1.54) is 18.2 Å². The fourth-order valence-electron chi connectivity index (χ4n) is 5.66. The van der Waals surface area contributed by atoms with E-state index in [0.717, 1.165) is 51.0 Å². The first-order valence-electron chi connectivity index (χ1n) is 14.4. The summed E-state index contributed by atoms with van der Waals surface area (Å²) in [6, 6.07) is 12.6. The number of aromatic carboxylic acids is 2. The molecule has 1 saturated carbocycles. The van der Waals surface area contributed by atoms with Crippen molar-refractivity contribution in [1.29, 1.82) is 0 Å². The van der Waals surface area contributed by atoms with Gasteiger partial charge in [-0.15, -0.1) is 0 Å². The van der Waals surface area contributed by atoms with E-state index in [2.05, 4.69) is 23.6 Å². The van der Waals surface area contributed by atoms with Gasteiger partial charge in [-0.25, -0.2) is 14.4 Å². The third-order valence-electron chi connectivity index (χ3n) is 7.91. The lowest BCUT2D eigenvalue weighted by molar-refractivity contribution is -0.00664. The van der Waals surface area contributed by atoms with Gasteiger partial charge >= 0.3 is 17.9 Å². The number of anilines is 1. The van der Waals surface area contributed by atoms with Gasteiger partial charge in [0.15, 0.2) is 0 Å². The van der Waals surface area contributed by atoms with Crippen LogP contribution in [-0.4, -0.2) is 76.4 Å². The van der Waals surface area contributed by atoms with E-state index < -0.39 is 17.5 Å². The molecule has 9 nitrogen and oxygen atoms in total. The highest BCUT2D eigenvalue weighted by Gasteiger charge is 2.37. The molecule has 4 rings (SSSR count). The van der Waals surface area contributed by atoms with Crippen molar-refractivity contribution in [2.75, 3.05) is 24.5 Å². The van der Waals surface area contributed by atoms with Gasteiger partial charge in [0.2, 0.25) is 0 Å². The molecule has 9 heteroatoms. The number of piperidine rings is 1. The number of hydrogen-bond donors (Lipinski definition) is 2. The van der Waals surface area contributed by atoms with Gasteiger partial charge in [-0.2, -0.15) is 0 Å². The van der Waals surface area contributed by atoms with E-state index in [-0.39, 0.29) is 23.2 Å². The van der Waals surface area contributed by atoms with Crippen LogP contribution in [-0.2, 0) is 4.74 Å². The van der Waals surface area contributed by atoms with Crippen molar-refractivity contribution in [3.05, 3.63) is 59.2 Å². The summed E-state index contributed by atoms with van der Waals surface area (Å²) in [7, 11) is 0. The predicted octanol–water partition coefficient (Wildman–Crippen LogP) is 5.58. The van der Waals surface area contributed by atoms with Gasteiger partial charge < -0.3 is 24.6 Å². The monoisotopic (exact) mass is 566 g/mol. The van der Waals surface area contributed by atoms with E-state index in [4.69, 9.17) is 9.47 Å². The number of rotatable bonds is 10. The van der Waals surface area contributed by atoms with Crippen LogP contribution in [0.3, 0.4) is 0 Å². The molecule has 1 aliphatic heterocycles. The Hall–Kier alpha value is -3.59. The molecule has 1 aliphatic carbocycles. The number of carboxylic acids is 2. The van der Waals surface area contributed by atoms with Crippen molar-refractivity contribution in [2.45, 2.75) is 84.1 Å². The predicted molar refractivity (Wildman–Crippen MR) is 156 cm³/mol. The zero-order valence-corrected chi connectivity index (χ0v) is 24.6. The van der Waals surface area contributed by atoms with Crippen LogP contribution in [0.15, 0.2) is 42.5 Å². The van der Waals surface area contributed by atoms with E-state index in [1.54, 1.807) is 0 Å². The lowest BCUT2D eigenvalue weighted by Gasteiger charge is -2.46. The molecule has 2 fully saturated rings. The molecule has 0 amide bonds. The summed E-state index contributed by atoms with van der Waals surface area (Å²) in [5, 5.41) is 18.6. The molecule has 0 unspecified atom stereocenters. The first kappa shape index (κ1) is 30.4. The summed E-state index contributed by atoms with van der Waals surface area (Å²) in [5.74, 6) is -1.88. The van der Waals surface area contributed by atoms with Crippen LogP contribution in [0, 0.1) is 5.92 Å². The molecule has 2 aliphatic rings. The molecular weight excluding hydrogens is 524 g/mol. The van der Waals surface area contributed by atoms with Gasteiger partial charge in [0, 0.05) is 50.2 Å². The van der Waals surface area contributed by atoms with Gasteiger partial charge in [0.1, 0.15) is 17.5 Å². The average molecular weight is 567 g/mol. The molecule has 1 heterocycles. The minimum atomic E-state index is -1.28. The molecule has 0 bridgehead atoms. The lowest BCUT2D eigenvalue weighted by Crippen LogP contribution is -2.53. The van der Waals surface area contributed by atoms with Gasteiger partial charge in [0.05, 0.1) is 16.7 Å². The number of esters is 1. The van der Waals surface area contributed by atoms with Crippen molar-refractivity contribution in [3.63, 3.8) is 0 Å². The molecular formula is C32H42N2O7. The van der Waals surface area contributed by atoms with E-state index in [1.807, 2.05) is 45.0 Å². The van der Waals surface area contributed by atoms with E-state index >= 15 is 0 Å². The standard InChI is InChI=1S/C32H42N2O7/c1-20(2)34(24-16-26(17-24)40-25-10-11-27(29(35)36)28(18-25)30(37)38)19-21-12-14-33(15-13-21)23-8-6-22(7-9-23)31(39)41-32(3,4)5/h6-11,18,20-21,24,26H,12-17,19H2,1-5H3,(H,35,36)(H,37,38)/t24-,26-. The van der Waals surface area contributed by atoms with Gasteiger partial charge in [-0.05, 0) is 95.8 Å². The molecule has 2 aromatic carbocycles. The zero-order valence-electron chi connectivity index (χ0n) is 24.6. The maximum Gasteiger partial charge on any atom is 0.338 e. The fourth-order valence-corrected chi connectivity index (χ4v) is 5.66. The highest BCUT2D eigenvalue weighted by Crippen LogP contribution is 2.34. The van der Waals surface area contributed by atoms with Crippen molar-refractivity contribution < 1.29 is 34.1 Å². The first-order valence-corrected chi connectivity index (χ1v) is 14.4. The van der Waals surface area contributed by atoms with Crippen LogP contribution < -0.4 is 9.64 Å². The van der Waals surface area contributed by atoms with Crippen LogP contribution in [0.2, 0.25) is 0 Å². The SMILES string of the molecule is CC(C)N(CC1CCN(c2ccc(C(=O)OC(C)(C)C)cc2)CC1)[C@H]1C[C@H](Oc2ccc(C(=O)O)c(C(=O)O)c2)C1. The van der Waals surface area contributed by atoms with Gasteiger partial charge in [0.25, 0.3) is 0 Å². The van der Waals surface area contributed by atoms with E-state index in [9.17, 15) is 24.6 Å². The Labute approximate surface area is 242 Å². The average Bonchev–Trinajstić information content (AvgIpc) is 2.88. The second kappa shape index (κ2) is 12.5. The van der Waals surface area contributed by atoms with Crippen LogP contribution in [0.5, 0.6) is 5.75 Å². The Morgan fingerprint density at radius 3 is 2.10 bits per heavy atom. The quantitative estimate of drug-likeness (QED) is 0.356. The summed E-state index contributed by atoms with van der Waals surface area (Å²) in [4.78, 5) is 40.1. The van der Waals surface area contributed by atoms with Crippen LogP contribution in [0.1, 0.15) is 91.4 Å². The van der Waals surface area contributed by atoms with Crippen molar-refractivity contribution in [3.8, 4) is 5.75 Å². The van der Waals surface area contributed by atoms with Crippen LogP contribution >= 0.6 is 0 Å². The molecule has 0 atom stereocenters. The summed E-state index contributed by atoms with van der Waals surface area (Å²) in [6.45, 7) is 13.0. The smallest absolute Gasteiger partial charge is 0.338 e. The van der Waals surface area contributed by atoms with Crippen LogP contribution in [0.25, 0.3) is 0 Å². The number of ether oxygens (including phenoxy) is 2. The lowest BCUT2D eigenvalue weighted by atomic mass is 9.85. The number of nitrogens with zero attached hydrogens (tertiary/aromatic N) is 2. The highest BCUT2D eigenvalue weighted by molar-refractivity contribution is 6.02. The fraction of sp³-hybridized carbons (Fsp3) is 0.531. The zero-order chi connectivity index (χ0) is 29.9. The minimum Gasteiger partial charge on any atom is -0.490 e. The number of carbonyl (C=O) groups is 3. The molecule has 222 valence electrons. The number of carboxylic acid groups (broad SMARTS) is 2. The summed E-state index contributed by atoms with van der Waals surface area (Å²) in [6.07, 6.45) is 3.87. The third-order valence-corrected chi connectivity index (χ3v) is 7.91. The van der Waals surface area contributed by atoms with Gasteiger partial charge in [-0.3, -0.25) is 4.90 Å². The maximum atomic E-state index is 12.3. The Bertz CT molecular complexity index is 1240. The number of carbonyl (C=O) groups excluding carboxylic acids is 1. The molecule has 41 heavy (non-hydrogen) atoms. The normalized spacial score (nSPS) is 19.6. The van der Waals surface area contributed by atoms with Crippen molar-refractivity contribution >= 4 is 23.6 Å². The van der Waals surface area contributed by atoms with Crippen molar-refractivity contribution in [2.24, 2.45) is 5.92 Å². The minimum absolute atomic E-state index is 0.0240. The summed E-state index contributed by atoms with van der Waals surface area (Å²) < 4.78 is 11.5. The Morgan fingerprint density at radius 2 is 1.56 bits per heavy atom. The molecule has 2 aromatic rings. The van der Waals surface area contributed by atoms with E-state index in [0.29, 0.717) is 29.3 Å². The molecule has 0 radical (unpaired) electrons. The number of hydrogen-bond acceptors (Lipinski definition) is 7. The van der Waals surface area contributed by atoms with Crippen LogP contribution in [0.4, 0.5) is 5.69 Å². The second-order valence-corrected chi connectivity index (χ2v) is 12.5. The second-order valence-electron chi connectivity index (χ2n) is 12.5. The van der Waals surface area contributed by atoms with Gasteiger partial charge in [-0.1, -0.05) is 0 Å². The Kier molecular flexibility index (Phi) is 9.27. The largest absolute Gasteiger partial charge is 0.490 e. The number of benzene rings is 2. The molecule has 2 N–H and O–H groups in total. The molecule has 1 saturated heterocycles. The Morgan fingerprint density at radius 1 is 0.951 bits per heavy atom. The third kappa shape index (κ3) is 7.79.